The van der Waals surface area contributed by atoms with Gasteiger partial charge in [0.05, 0.1) is 0 Å². The van der Waals surface area contributed by atoms with Gasteiger partial charge in [-0.05, 0) is 48.7 Å². The smallest absolute Gasteiger partial charge is 0.270 e. The number of amides is 2. The van der Waals surface area contributed by atoms with E-state index in [1.54, 1.807) is 0 Å². The van der Waals surface area contributed by atoms with Crippen LogP contribution in [0.25, 0.3) is 0 Å². The van der Waals surface area contributed by atoms with Crippen LogP contribution >= 0.6 is 15.9 Å². The second-order valence-electron chi connectivity index (χ2n) is 5.29. The quantitative estimate of drug-likeness (QED) is 0.900. The maximum atomic E-state index is 12.6. The molecule has 6 heteroatoms. The molecule has 0 spiro atoms. The summed E-state index contributed by atoms with van der Waals surface area (Å²) in [6, 6.07) is 1.86. The molecule has 0 aromatic carbocycles. The van der Waals surface area contributed by atoms with Gasteiger partial charge < -0.3 is 14.8 Å². The molecule has 0 atom stereocenters. The Hall–Kier alpha value is -1.30. The fourth-order valence-corrected chi connectivity index (χ4v) is 3.20. The summed E-state index contributed by atoms with van der Waals surface area (Å²) < 4.78 is 2.87. The molecule has 1 N–H and O–H groups in total. The molecule has 2 heterocycles. The van der Waals surface area contributed by atoms with E-state index in [0.29, 0.717) is 25.3 Å². The fraction of sp³-hybridized carbons (Fsp3) is 0.600. The minimum absolute atomic E-state index is 0.0405. The first-order chi connectivity index (χ1) is 10.1. The number of likely N-dealkylation sites (tertiary alicyclic amines) is 1. The van der Waals surface area contributed by atoms with Crippen molar-refractivity contribution in [3.63, 3.8) is 0 Å². The monoisotopic (exact) mass is 355 g/mol. The summed E-state index contributed by atoms with van der Waals surface area (Å²) in [6.07, 6.45) is 3.41. The Morgan fingerprint density at radius 1 is 1.33 bits per heavy atom. The molecule has 2 amide bonds. The molecule has 1 aliphatic heterocycles. The van der Waals surface area contributed by atoms with E-state index in [1.807, 2.05) is 35.6 Å². The molecule has 1 saturated heterocycles. The van der Waals surface area contributed by atoms with Crippen LogP contribution in [0, 0.1) is 5.92 Å². The van der Waals surface area contributed by atoms with Gasteiger partial charge in [-0.15, -0.1) is 0 Å². The standard InChI is InChI=1S/C15H22BrN3O2/c1-3-17-14(20)11-5-7-19(8-6-11)15(21)13-9-12(16)10-18(13)4-2/h9-11H,3-8H2,1-2H3,(H,17,20). The minimum Gasteiger partial charge on any atom is -0.356 e. The molecule has 1 fully saturated rings. The van der Waals surface area contributed by atoms with Gasteiger partial charge in [-0.2, -0.15) is 0 Å². The molecule has 116 valence electrons. The number of nitrogens with zero attached hydrogens (tertiary/aromatic N) is 2. The van der Waals surface area contributed by atoms with E-state index in [1.165, 1.54) is 0 Å². The molecule has 1 aliphatic rings. The summed E-state index contributed by atoms with van der Waals surface area (Å²) in [5, 5.41) is 2.86. The van der Waals surface area contributed by atoms with Crippen LogP contribution in [-0.2, 0) is 11.3 Å². The second kappa shape index (κ2) is 7.11. The predicted molar refractivity (Wildman–Crippen MR) is 85.1 cm³/mol. The highest BCUT2D eigenvalue weighted by atomic mass is 79.9. The van der Waals surface area contributed by atoms with Crippen molar-refractivity contribution in [2.45, 2.75) is 33.2 Å². The SMILES string of the molecule is CCNC(=O)C1CCN(C(=O)c2cc(Br)cn2CC)CC1. The maximum Gasteiger partial charge on any atom is 0.270 e. The number of piperidine rings is 1. The van der Waals surface area contributed by atoms with Gasteiger partial charge >= 0.3 is 0 Å². The Labute approximate surface area is 133 Å². The summed E-state index contributed by atoms with van der Waals surface area (Å²) in [4.78, 5) is 26.3. The van der Waals surface area contributed by atoms with E-state index in [4.69, 9.17) is 0 Å². The van der Waals surface area contributed by atoms with Crippen LogP contribution < -0.4 is 5.32 Å². The van der Waals surface area contributed by atoms with Gasteiger partial charge in [-0.3, -0.25) is 9.59 Å². The molecule has 1 aromatic rings. The van der Waals surface area contributed by atoms with E-state index in [9.17, 15) is 9.59 Å². The molecule has 2 rings (SSSR count). The number of halogens is 1. The average molecular weight is 356 g/mol. The lowest BCUT2D eigenvalue weighted by atomic mass is 9.95. The van der Waals surface area contributed by atoms with Crippen LogP contribution in [-0.4, -0.2) is 40.9 Å². The van der Waals surface area contributed by atoms with Gasteiger partial charge in [0.25, 0.3) is 5.91 Å². The number of aromatic nitrogens is 1. The Morgan fingerprint density at radius 3 is 2.57 bits per heavy atom. The lowest BCUT2D eigenvalue weighted by Gasteiger charge is -2.31. The molecule has 5 nitrogen and oxygen atoms in total. The molecule has 1 aromatic heterocycles. The second-order valence-corrected chi connectivity index (χ2v) is 6.21. The number of carbonyl (C=O) groups is 2. The van der Waals surface area contributed by atoms with E-state index in [0.717, 1.165) is 23.9 Å². The molecule has 0 bridgehead atoms. The Bertz CT molecular complexity index is 519. The van der Waals surface area contributed by atoms with Crippen molar-refractivity contribution in [3.05, 3.63) is 22.4 Å². The van der Waals surface area contributed by atoms with Crippen molar-refractivity contribution in [1.82, 2.24) is 14.8 Å². The van der Waals surface area contributed by atoms with Gasteiger partial charge in [-0.25, -0.2) is 0 Å². The average Bonchev–Trinajstić information content (AvgIpc) is 2.88. The Balaban J connectivity index is 1.98. The molecule has 0 saturated carbocycles. The van der Waals surface area contributed by atoms with E-state index in [2.05, 4.69) is 21.2 Å². The lowest BCUT2D eigenvalue weighted by Crippen LogP contribution is -2.43. The number of hydrogen-bond acceptors (Lipinski definition) is 2. The van der Waals surface area contributed by atoms with Crippen LogP contribution in [0.3, 0.4) is 0 Å². The van der Waals surface area contributed by atoms with Gasteiger partial charge in [0, 0.05) is 42.8 Å². The van der Waals surface area contributed by atoms with E-state index in [-0.39, 0.29) is 17.7 Å². The first-order valence-electron chi connectivity index (χ1n) is 7.49. The summed E-state index contributed by atoms with van der Waals surface area (Å²) in [5.74, 6) is 0.208. The maximum absolute atomic E-state index is 12.6. The van der Waals surface area contributed by atoms with Crippen LogP contribution in [0.15, 0.2) is 16.7 Å². The number of aryl methyl sites for hydroxylation is 1. The van der Waals surface area contributed by atoms with Crippen LogP contribution in [0.4, 0.5) is 0 Å². The summed E-state index contributed by atoms with van der Waals surface area (Å²) in [5.41, 5.74) is 0.709. The molecule has 0 aliphatic carbocycles. The number of rotatable bonds is 4. The Kier molecular flexibility index (Phi) is 5.45. The zero-order valence-corrected chi connectivity index (χ0v) is 14.1. The zero-order valence-electron chi connectivity index (χ0n) is 12.6. The summed E-state index contributed by atoms with van der Waals surface area (Å²) >= 11 is 3.42. The molecular weight excluding hydrogens is 334 g/mol. The lowest BCUT2D eigenvalue weighted by molar-refractivity contribution is -0.126. The summed E-state index contributed by atoms with van der Waals surface area (Å²) in [7, 11) is 0. The third-order valence-corrected chi connectivity index (χ3v) is 4.36. The highest BCUT2D eigenvalue weighted by Gasteiger charge is 2.28. The van der Waals surface area contributed by atoms with E-state index < -0.39 is 0 Å². The highest BCUT2D eigenvalue weighted by molar-refractivity contribution is 9.10. The number of nitrogens with one attached hydrogen (secondary N) is 1. The predicted octanol–water partition coefficient (Wildman–Crippen LogP) is 2.26. The van der Waals surface area contributed by atoms with E-state index >= 15 is 0 Å². The highest BCUT2D eigenvalue weighted by Crippen LogP contribution is 2.21. The zero-order chi connectivity index (χ0) is 15.4. The molecule has 0 radical (unpaired) electrons. The minimum atomic E-state index is 0.0405. The van der Waals surface area contributed by atoms with Crippen LogP contribution in [0.1, 0.15) is 37.2 Å². The first-order valence-corrected chi connectivity index (χ1v) is 8.28. The topological polar surface area (TPSA) is 54.3 Å². The van der Waals surface area contributed by atoms with Gasteiger partial charge in [-0.1, -0.05) is 0 Å². The molecular formula is C15H22BrN3O2. The van der Waals surface area contributed by atoms with Crippen LogP contribution in [0.2, 0.25) is 0 Å². The van der Waals surface area contributed by atoms with Crippen LogP contribution in [0.5, 0.6) is 0 Å². The van der Waals surface area contributed by atoms with Gasteiger partial charge in [0.1, 0.15) is 5.69 Å². The number of carbonyl (C=O) groups excluding carboxylic acids is 2. The van der Waals surface area contributed by atoms with Crippen molar-refractivity contribution in [2.24, 2.45) is 5.92 Å². The number of hydrogen-bond donors (Lipinski definition) is 1. The fourth-order valence-electron chi connectivity index (χ4n) is 2.74. The van der Waals surface area contributed by atoms with Gasteiger partial charge in [0.2, 0.25) is 5.91 Å². The van der Waals surface area contributed by atoms with Gasteiger partial charge in [0.15, 0.2) is 0 Å². The normalized spacial score (nSPS) is 16.0. The molecule has 0 unspecified atom stereocenters. The molecule has 21 heavy (non-hydrogen) atoms. The Morgan fingerprint density at radius 2 is 2.00 bits per heavy atom. The van der Waals surface area contributed by atoms with Crippen molar-refractivity contribution < 1.29 is 9.59 Å². The third kappa shape index (κ3) is 3.67. The third-order valence-electron chi connectivity index (χ3n) is 3.93. The van der Waals surface area contributed by atoms with Crippen molar-refractivity contribution in [2.75, 3.05) is 19.6 Å². The summed E-state index contributed by atoms with van der Waals surface area (Å²) in [6.45, 7) is 6.66. The van der Waals surface area contributed by atoms with Crippen molar-refractivity contribution in [3.8, 4) is 0 Å². The van der Waals surface area contributed by atoms with Crippen molar-refractivity contribution in [1.29, 1.82) is 0 Å². The largest absolute Gasteiger partial charge is 0.356 e. The van der Waals surface area contributed by atoms with Crippen molar-refractivity contribution >= 4 is 27.7 Å². The first kappa shape index (κ1) is 16.1.